The highest BCUT2D eigenvalue weighted by Crippen LogP contribution is 2.30. The van der Waals surface area contributed by atoms with Crippen molar-refractivity contribution in [2.45, 2.75) is 52.6 Å². The van der Waals surface area contributed by atoms with Crippen molar-refractivity contribution in [1.29, 1.82) is 0 Å². The number of hydrogen-bond acceptors (Lipinski definition) is 5. The van der Waals surface area contributed by atoms with Crippen LogP contribution in [0, 0.1) is 6.92 Å². The van der Waals surface area contributed by atoms with Crippen LogP contribution in [-0.4, -0.2) is 57.0 Å². The molecule has 0 aliphatic carbocycles. The molecule has 1 aliphatic rings. The molecule has 0 atom stereocenters. The van der Waals surface area contributed by atoms with Gasteiger partial charge in [0.2, 0.25) is 5.91 Å². The summed E-state index contributed by atoms with van der Waals surface area (Å²) in [6.07, 6.45) is 2.87. The molecule has 0 radical (unpaired) electrons. The third-order valence-corrected chi connectivity index (χ3v) is 7.17. The zero-order valence-electron chi connectivity index (χ0n) is 19.4. The Kier molecular flexibility index (Phi) is 6.49. The Hall–Kier alpha value is -2.51. The molecule has 3 heterocycles. The molecule has 0 bridgehead atoms. The zero-order valence-corrected chi connectivity index (χ0v) is 20.2. The van der Waals surface area contributed by atoms with Crippen molar-refractivity contribution >= 4 is 27.5 Å². The van der Waals surface area contributed by atoms with Gasteiger partial charge >= 0.3 is 0 Å². The number of carbonyl (C=O) groups is 1. The Morgan fingerprint density at radius 3 is 2.56 bits per heavy atom. The van der Waals surface area contributed by atoms with E-state index in [-0.39, 0.29) is 17.0 Å². The van der Waals surface area contributed by atoms with Crippen molar-refractivity contribution in [2.75, 3.05) is 26.2 Å². The number of aromatic nitrogens is 2. The summed E-state index contributed by atoms with van der Waals surface area (Å²) in [6, 6.07) is 8.18. The van der Waals surface area contributed by atoms with Crippen LogP contribution < -0.4 is 5.56 Å². The molecule has 1 aliphatic heterocycles. The van der Waals surface area contributed by atoms with Crippen LogP contribution in [0.1, 0.15) is 39.2 Å². The molecule has 1 amide bonds. The van der Waals surface area contributed by atoms with E-state index in [0.717, 1.165) is 48.6 Å². The van der Waals surface area contributed by atoms with Gasteiger partial charge in [0, 0.05) is 55.6 Å². The SMILES string of the molecule is Cc1ccc(-c2csc3ncn(CCC(=O)N4CCCN(C(C)(C)C)CC4)c(=O)c23)cc1. The molecule has 6 nitrogen and oxygen atoms in total. The van der Waals surface area contributed by atoms with E-state index < -0.39 is 0 Å². The van der Waals surface area contributed by atoms with E-state index in [1.54, 1.807) is 10.9 Å². The van der Waals surface area contributed by atoms with Crippen LogP contribution >= 0.6 is 11.3 Å². The van der Waals surface area contributed by atoms with E-state index >= 15 is 0 Å². The number of fused-ring (bicyclic) bond motifs is 1. The maximum Gasteiger partial charge on any atom is 0.262 e. The van der Waals surface area contributed by atoms with E-state index in [1.165, 1.54) is 16.9 Å². The summed E-state index contributed by atoms with van der Waals surface area (Å²) >= 11 is 1.48. The molecule has 7 heteroatoms. The van der Waals surface area contributed by atoms with Crippen molar-refractivity contribution in [3.05, 3.63) is 51.9 Å². The van der Waals surface area contributed by atoms with Crippen LogP contribution in [-0.2, 0) is 11.3 Å². The van der Waals surface area contributed by atoms with Gasteiger partial charge in [0.1, 0.15) is 4.83 Å². The second-order valence-electron chi connectivity index (χ2n) is 9.58. The van der Waals surface area contributed by atoms with E-state index in [9.17, 15) is 9.59 Å². The summed E-state index contributed by atoms with van der Waals surface area (Å²) in [5.41, 5.74) is 3.15. The Bertz CT molecular complexity index is 1160. The summed E-state index contributed by atoms with van der Waals surface area (Å²) in [5.74, 6) is 0.108. The van der Waals surface area contributed by atoms with E-state index in [4.69, 9.17) is 0 Å². The van der Waals surface area contributed by atoms with Gasteiger partial charge in [-0.05, 0) is 39.7 Å². The van der Waals surface area contributed by atoms with E-state index in [1.807, 2.05) is 41.5 Å². The smallest absolute Gasteiger partial charge is 0.262 e. The van der Waals surface area contributed by atoms with Crippen LogP contribution in [0.5, 0.6) is 0 Å². The van der Waals surface area contributed by atoms with Gasteiger partial charge in [-0.3, -0.25) is 19.1 Å². The molecular formula is C25H32N4O2S. The standard InChI is InChI=1S/C25H32N4O2S/c1-18-6-8-19(9-7-18)20-16-32-23-22(20)24(31)28(17-26-23)13-10-21(30)27-11-5-12-29(15-14-27)25(2,3)4/h6-9,16-17H,5,10-15H2,1-4H3. The number of benzene rings is 1. The summed E-state index contributed by atoms with van der Waals surface area (Å²) in [6.45, 7) is 12.5. The molecule has 4 rings (SSSR count). The highest BCUT2D eigenvalue weighted by molar-refractivity contribution is 7.17. The Labute approximate surface area is 193 Å². The fraction of sp³-hybridized carbons (Fsp3) is 0.480. The predicted octanol–water partition coefficient (Wildman–Crippen LogP) is 4.16. The molecule has 1 fully saturated rings. The lowest BCUT2D eigenvalue weighted by Gasteiger charge is -2.34. The maximum atomic E-state index is 13.2. The van der Waals surface area contributed by atoms with Gasteiger partial charge in [-0.2, -0.15) is 0 Å². The number of aryl methyl sites for hydroxylation is 2. The number of thiophene rings is 1. The Morgan fingerprint density at radius 1 is 1.09 bits per heavy atom. The summed E-state index contributed by atoms with van der Waals surface area (Å²) in [7, 11) is 0. The van der Waals surface area contributed by atoms with E-state index in [2.05, 4.69) is 30.7 Å². The third-order valence-electron chi connectivity index (χ3n) is 6.29. The summed E-state index contributed by atoms with van der Waals surface area (Å²) in [5, 5.41) is 2.64. The first-order valence-electron chi connectivity index (χ1n) is 11.3. The van der Waals surface area contributed by atoms with Crippen molar-refractivity contribution in [3.8, 4) is 11.1 Å². The van der Waals surface area contributed by atoms with Crippen molar-refractivity contribution < 1.29 is 4.79 Å². The maximum absolute atomic E-state index is 13.2. The van der Waals surface area contributed by atoms with Crippen molar-refractivity contribution in [3.63, 3.8) is 0 Å². The van der Waals surface area contributed by atoms with Gasteiger partial charge in [-0.25, -0.2) is 4.98 Å². The lowest BCUT2D eigenvalue weighted by molar-refractivity contribution is -0.131. The molecule has 3 aromatic rings. The van der Waals surface area contributed by atoms with Crippen molar-refractivity contribution in [2.24, 2.45) is 0 Å². The lowest BCUT2D eigenvalue weighted by Crippen LogP contribution is -2.44. The molecule has 170 valence electrons. The first-order valence-corrected chi connectivity index (χ1v) is 12.2. The molecule has 0 spiro atoms. The molecule has 1 saturated heterocycles. The first kappa shape index (κ1) is 22.7. The normalized spacial score (nSPS) is 15.8. The quantitative estimate of drug-likeness (QED) is 0.597. The minimum atomic E-state index is -0.0746. The van der Waals surface area contributed by atoms with Gasteiger partial charge in [-0.15, -0.1) is 11.3 Å². The fourth-order valence-electron chi connectivity index (χ4n) is 4.28. The molecule has 32 heavy (non-hydrogen) atoms. The Balaban J connectivity index is 1.48. The molecular weight excluding hydrogens is 420 g/mol. The predicted molar refractivity (Wildman–Crippen MR) is 131 cm³/mol. The average molecular weight is 453 g/mol. The van der Waals surface area contributed by atoms with Crippen LogP contribution in [0.25, 0.3) is 21.3 Å². The number of nitrogens with zero attached hydrogens (tertiary/aromatic N) is 4. The number of hydrogen-bond donors (Lipinski definition) is 0. The van der Waals surface area contributed by atoms with Gasteiger partial charge in [0.05, 0.1) is 11.7 Å². The average Bonchev–Trinajstić information content (AvgIpc) is 3.01. The van der Waals surface area contributed by atoms with Gasteiger partial charge in [0.15, 0.2) is 0 Å². The number of amides is 1. The van der Waals surface area contributed by atoms with Crippen LogP contribution in [0.3, 0.4) is 0 Å². The van der Waals surface area contributed by atoms with Gasteiger partial charge < -0.3 is 4.90 Å². The minimum absolute atomic E-state index is 0.0746. The zero-order chi connectivity index (χ0) is 22.9. The topological polar surface area (TPSA) is 58.4 Å². The highest BCUT2D eigenvalue weighted by Gasteiger charge is 2.25. The van der Waals surface area contributed by atoms with Crippen molar-refractivity contribution in [1.82, 2.24) is 19.4 Å². The molecule has 0 saturated carbocycles. The second-order valence-corrected chi connectivity index (χ2v) is 10.4. The fourth-order valence-corrected chi connectivity index (χ4v) is 5.19. The molecule has 1 aromatic carbocycles. The third kappa shape index (κ3) is 4.79. The van der Waals surface area contributed by atoms with Crippen LogP contribution in [0.2, 0.25) is 0 Å². The van der Waals surface area contributed by atoms with Gasteiger partial charge in [-0.1, -0.05) is 29.8 Å². The van der Waals surface area contributed by atoms with Crippen LogP contribution in [0.15, 0.2) is 40.8 Å². The van der Waals surface area contributed by atoms with Crippen LogP contribution in [0.4, 0.5) is 0 Å². The number of carbonyl (C=O) groups excluding carboxylic acids is 1. The molecule has 2 aromatic heterocycles. The summed E-state index contributed by atoms with van der Waals surface area (Å²) < 4.78 is 1.59. The lowest BCUT2D eigenvalue weighted by atomic mass is 10.1. The highest BCUT2D eigenvalue weighted by atomic mass is 32.1. The summed E-state index contributed by atoms with van der Waals surface area (Å²) in [4.78, 5) is 35.8. The molecule has 0 unspecified atom stereocenters. The first-order chi connectivity index (χ1) is 15.2. The molecule has 0 N–H and O–H groups in total. The largest absolute Gasteiger partial charge is 0.341 e. The van der Waals surface area contributed by atoms with E-state index in [0.29, 0.717) is 18.4 Å². The minimum Gasteiger partial charge on any atom is -0.341 e. The monoisotopic (exact) mass is 452 g/mol. The van der Waals surface area contributed by atoms with Gasteiger partial charge in [0.25, 0.3) is 5.56 Å². The second kappa shape index (κ2) is 9.16. The Morgan fingerprint density at radius 2 is 1.84 bits per heavy atom. The number of rotatable bonds is 4.